The van der Waals surface area contributed by atoms with Crippen molar-refractivity contribution in [1.82, 2.24) is 10.3 Å². The van der Waals surface area contributed by atoms with Gasteiger partial charge in [0.2, 0.25) is 0 Å². The highest BCUT2D eigenvalue weighted by atomic mass is 16.1. The number of nitrogens with one attached hydrogen (secondary N) is 1. The van der Waals surface area contributed by atoms with E-state index in [0.29, 0.717) is 18.0 Å². The van der Waals surface area contributed by atoms with Crippen LogP contribution in [0.2, 0.25) is 0 Å². The highest BCUT2D eigenvalue weighted by Gasteiger charge is 2.18. The molecule has 1 N–H and O–H groups in total. The van der Waals surface area contributed by atoms with Crippen LogP contribution in [0.1, 0.15) is 41.3 Å². The quantitative estimate of drug-likeness (QED) is 0.936. The predicted octanol–water partition coefficient (Wildman–Crippen LogP) is 3.56. The van der Waals surface area contributed by atoms with Gasteiger partial charge in [-0.3, -0.25) is 9.78 Å². The molecule has 1 aliphatic heterocycles. The summed E-state index contributed by atoms with van der Waals surface area (Å²) in [6.07, 6.45) is 5.98. The number of rotatable bonds is 4. The molecule has 2 aromatic rings. The summed E-state index contributed by atoms with van der Waals surface area (Å²) in [6.45, 7) is 6.94. The first-order valence-corrected chi connectivity index (χ1v) is 8.65. The van der Waals surface area contributed by atoms with Gasteiger partial charge in [-0.05, 0) is 37.3 Å². The normalized spacial score (nSPS) is 17.6. The van der Waals surface area contributed by atoms with Crippen LogP contribution >= 0.6 is 0 Å². The molecule has 0 aliphatic carbocycles. The van der Waals surface area contributed by atoms with Crippen LogP contribution < -0.4 is 10.2 Å². The third-order valence-corrected chi connectivity index (χ3v) is 4.54. The summed E-state index contributed by atoms with van der Waals surface area (Å²) in [6, 6.07) is 10.1. The van der Waals surface area contributed by atoms with Crippen LogP contribution in [0.4, 0.5) is 5.69 Å². The number of hydrogen-bond acceptors (Lipinski definition) is 3. The first-order valence-electron chi connectivity index (χ1n) is 8.65. The number of piperidine rings is 1. The van der Waals surface area contributed by atoms with Gasteiger partial charge in [0.25, 0.3) is 5.91 Å². The molecule has 24 heavy (non-hydrogen) atoms. The van der Waals surface area contributed by atoms with Crippen molar-refractivity contribution in [2.45, 2.75) is 33.2 Å². The minimum absolute atomic E-state index is 0.0732. The maximum Gasteiger partial charge on any atom is 0.253 e. The van der Waals surface area contributed by atoms with E-state index < -0.39 is 0 Å². The fourth-order valence-corrected chi connectivity index (χ4v) is 3.26. The Balaban J connectivity index is 1.65. The van der Waals surface area contributed by atoms with Crippen molar-refractivity contribution < 1.29 is 4.79 Å². The van der Waals surface area contributed by atoms with E-state index in [1.807, 2.05) is 24.4 Å². The molecular formula is C20H25N3O. The van der Waals surface area contributed by atoms with Crippen LogP contribution in [0.15, 0.2) is 42.7 Å². The van der Waals surface area contributed by atoms with Crippen LogP contribution in [-0.4, -0.2) is 24.0 Å². The van der Waals surface area contributed by atoms with Crippen molar-refractivity contribution in [2.24, 2.45) is 5.92 Å². The average Bonchev–Trinajstić information content (AvgIpc) is 2.60. The van der Waals surface area contributed by atoms with E-state index in [2.05, 4.69) is 41.2 Å². The Morgan fingerprint density at radius 2 is 2.21 bits per heavy atom. The fourth-order valence-electron chi connectivity index (χ4n) is 3.26. The molecular weight excluding hydrogens is 298 g/mol. The molecule has 4 nitrogen and oxygen atoms in total. The molecule has 0 spiro atoms. The van der Waals surface area contributed by atoms with Gasteiger partial charge >= 0.3 is 0 Å². The molecule has 1 aromatic heterocycles. The van der Waals surface area contributed by atoms with Crippen LogP contribution in [-0.2, 0) is 6.54 Å². The van der Waals surface area contributed by atoms with Gasteiger partial charge in [-0.25, -0.2) is 0 Å². The number of aryl methyl sites for hydroxylation is 1. The number of carbonyl (C=O) groups excluding carboxylic acids is 1. The van der Waals surface area contributed by atoms with Gasteiger partial charge in [-0.2, -0.15) is 0 Å². The second-order valence-corrected chi connectivity index (χ2v) is 6.80. The average molecular weight is 323 g/mol. The lowest BCUT2D eigenvalue weighted by atomic mass is 10.00. The Morgan fingerprint density at radius 1 is 1.33 bits per heavy atom. The molecule has 1 unspecified atom stereocenters. The number of benzene rings is 1. The lowest BCUT2D eigenvalue weighted by Crippen LogP contribution is -2.34. The lowest BCUT2D eigenvalue weighted by molar-refractivity contribution is 0.0950. The smallest absolute Gasteiger partial charge is 0.253 e. The standard InChI is InChI=1S/C20H25N3O/c1-15-5-3-7-17(9-15)11-22-20(24)18-10-19(13-21-12-18)23-8-4-6-16(2)14-23/h3,5,7,9-10,12-13,16H,4,6,8,11,14H2,1-2H3,(H,22,24). The molecule has 1 atom stereocenters. The van der Waals surface area contributed by atoms with Crippen molar-refractivity contribution in [1.29, 1.82) is 0 Å². The van der Waals surface area contributed by atoms with Gasteiger partial charge in [0, 0.05) is 25.8 Å². The van der Waals surface area contributed by atoms with Crippen LogP contribution in [0.5, 0.6) is 0 Å². The monoisotopic (exact) mass is 323 g/mol. The molecule has 4 heteroatoms. The summed E-state index contributed by atoms with van der Waals surface area (Å²) >= 11 is 0. The minimum Gasteiger partial charge on any atom is -0.370 e. The maximum absolute atomic E-state index is 12.4. The Hall–Kier alpha value is -2.36. The third kappa shape index (κ3) is 4.13. The van der Waals surface area contributed by atoms with E-state index in [4.69, 9.17) is 0 Å². The summed E-state index contributed by atoms with van der Waals surface area (Å²) in [4.78, 5) is 19.0. The SMILES string of the molecule is Cc1cccc(CNC(=O)c2cncc(N3CCCC(C)C3)c2)c1. The van der Waals surface area contributed by atoms with Gasteiger partial charge < -0.3 is 10.2 Å². The lowest BCUT2D eigenvalue weighted by Gasteiger charge is -2.32. The molecule has 0 saturated carbocycles. The minimum atomic E-state index is -0.0732. The van der Waals surface area contributed by atoms with Crippen molar-refractivity contribution in [2.75, 3.05) is 18.0 Å². The Labute approximate surface area is 143 Å². The summed E-state index contributed by atoms with van der Waals surface area (Å²) in [7, 11) is 0. The molecule has 126 valence electrons. The van der Waals surface area contributed by atoms with Crippen molar-refractivity contribution in [3.05, 3.63) is 59.4 Å². The van der Waals surface area contributed by atoms with E-state index in [0.717, 1.165) is 24.3 Å². The van der Waals surface area contributed by atoms with E-state index >= 15 is 0 Å². The summed E-state index contributed by atoms with van der Waals surface area (Å²) in [5.41, 5.74) is 3.98. The summed E-state index contributed by atoms with van der Waals surface area (Å²) < 4.78 is 0. The van der Waals surface area contributed by atoms with Crippen molar-refractivity contribution >= 4 is 11.6 Å². The third-order valence-electron chi connectivity index (χ3n) is 4.54. The Morgan fingerprint density at radius 3 is 3.00 bits per heavy atom. The first-order chi connectivity index (χ1) is 11.6. The number of nitrogens with zero attached hydrogens (tertiary/aromatic N) is 2. The highest BCUT2D eigenvalue weighted by molar-refractivity contribution is 5.94. The second kappa shape index (κ2) is 7.47. The Kier molecular flexibility index (Phi) is 5.14. The second-order valence-electron chi connectivity index (χ2n) is 6.80. The van der Waals surface area contributed by atoms with Gasteiger partial charge in [-0.1, -0.05) is 36.8 Å². The van der Waals surface area contributed by atoms with Crippen molar-refractivity contribution in [3.63, 3.8) is 0 Å². The number of aromatic nitrogens is 1. The van der Waals surface area contributed by atoms with E-state index in [1.54, 1.807) is 6.20 Å². The van der Waals surface area contributed by atoms with Gasteiger partial charge in [0.15, 0.2) is 0 Å². The molecule has 3 rings (SSSR count). The number of pyridine rings is 1. The molecule has 0 radical (unpaired) electrons. The molecule has 0 bridgehead atoms. The van der Waals surface area contributed by atoms with E-state index in [1.165, 1.54) is 18.4 Å². The molecule has 1 aromatic carbocycles. The van der Waals surface area contributed by atoms with Gasteiger partial charge in [-0.15, -0.1) is 0 Å². The zero-order valence-electron chi connectivity index (χ0n) is 14.5. The topological polar surface area (TPSA) is 45.2 Å². The summed E-state index contributed by atoms with van der Waals surface area (Å²) in [5.74, 6) is 0.619. The van der Waals surface area contributed by atoms with E-state index in [9.17, 15) is 4.79 Å². The van der Waals surface area contributed by atoms with Crippen molar-refractivity contribution in [3.8, 4) is 0 Å². The van der Waals surface area contributed by atoms with Gasteiger partial charge in [0.1, 0.15) is 0 Å². The highest BCUT2D eigenvalue weighted by Crippen LogP contribution is 2.22. The molecule has 1 aliphatic rings. The van der Waals surface area contributed by atoms with Crippen LogP contribution in [0.25, 0.3) is 0 Å². The largest absolute Gasteiger partial charge is 0.370 e. The zero-order valence-corrected chi connectivity index (χ0v) is 14.5. The number of hydrogen-bond donors (Lipinski definition) is 1. The number of amides is 1. The number of carbonyl (C=O) groups is 1. The van der Waals surface area contributed by atoms with E-state index in [-0.39, 0.29) is 5.91 Å². The number of anilines is 1. The zero-order chi connectivity index (χ0) is 16.9. The molecule has 1 saturated heterocycles. The van der Waals surface area contributed by atoms with Crippen LogP contribution in [0, 0.1) is 12.8 Å². The maximum atomic E-state index is 12.4. The molecule has 1 fully saturated rings. The predicted molar refractivity (Wildman–Crippen MR) is 97.2 cm³/mol. The van der Waals surface area contributed by atoms with Gasteiger partial charge in [0.05, 0.1) is 17.4 Å². The Bertz CT molecular complexity index is 714. The van der Waals surface area contributed by atoms with Crippen LogP contribution in [0.3, 0.4) is 0 Å². The first kappa shape index (κ1) is 16.5. The molecule has 2 heterocycles. The fraction of sp³-hybridized carbons (Fsp3) is 0.400. The molecule has 1 amide bonds. The summed E-state index contributed by atoms with van der Waals surface area (Å²) in [5, 5.41) is 2.98.